The number of amides is 1. The molecule has 2 heterocycles. The molecule has 0 unspecified atom stereocenters. The monoisotopic (exact) mass is 304 g/mol. The molecular weight excluding hydrogens is 284 g/mol. The van der Waals surface area contributed by atoms with Crippen LogP contribution in [0.25, 0.3) is 0 Å². The SMILES string of the molecule is Cc1nc(CC(C)C)cc(C(=O)N[C@H](C)c2n[nH]c(=O)[nH]2)n1. The Morgan fingerprint density at radius 3 is 2.64 bits per heavy atom. The molecular formula is C14H20N6O2. The standard InChI is InChI=1S/C14H20N6O2/c1-7(2)5-10-6-11(17-9(4)16-10)13(21)15-8(3)12-18-14(22)20-19-12/h6-8H,5H2,1-4H3,(H,15,21)(H2,18,19,20,22)/t8-/m1/s1. The maximum absolute atomic E-state index is 12.3. The number of H-pyrrole nitrogens is 2. The number of nitrogens with zero attached hydrogens (tertiary/aromatic N) is 3. The number of nitrogens with one attached hydrogen (secondary N) is 3. The van der Waals surface area contributed by atoms with Crippen LogP contribution in [0.15, 0.2) is 10.9 Å². The third-order valence-corrected chi connectivity index (χ3v) is 3.02. The van der Waals surface area contributed by atoms with E-state index in [9.17, 15) is 9.59 Å². The highest BCUT2D eigenvalue weighted by Gasteiger charge is 2.16. The second kappa shape index (κ2) is 6.50. The topological polar surface area (TPSA) is 116 Å². The summed E-state index contributed by atoms with van der Waals surface area (Å²) in [6.45, 7) is 7.67. The van der Waals surface area contributed by atoms with Crippen molar-refractivity contribution in [2.75, 3.05) is 0 Å². The van der Waals surface area contributed by atoms with Crippen LogP contribution < -0.4 is 11.0 Å². The number of hydrogen-bond donors (Lipinski definition) is 3. The molecule has 2 aromatic rings. The number of carbonyl (C=O) groups is 1. The summed E-state index contributed by atoms with van der Waals surface area (Å²) in [4.78, 5) is 34.4. The van der Waals surface area contributed by atoms with E-state index in [1.54, 1.807) is 19.9 Å². The van der Waals surface area contributed by atoms with Crippen LogP contribution in [0.4, 0.5) is 0 Å². The molecule has 8 nitrogen and oxygen atoms in total. The van der Waals surface area contributed by atoms with E-state index in [0.29, 0.717) is 23.3 Å². The zero-order valence-electron chi connectivity index (χ0n) is 13.1. The highest BCUT2D eigenvalue weighted by atomic mass is 16.2. The Morgan fingerprint density at radius 2 is 2.05 bits per heavy atom. The molecule has 118 valence electrons. The molecule has 0 saturated carbocycles. The van der Waals surface area contributed by atoms with Gasteiger partial charge in [-0.15, -0.1) is 0 Å². The molecule has 0 fully saturated rings. The van der Waals surface area contributed by atoms with Crippen molar-refractivity contribution in [1.29, 1.82) is 0 Å². The van der Waals surface area contributed by atoms with Crippen molar-refractivity contribution >= 4 is 5.91 Å². The van der Waals surface area contributed by atoms with Gasteiger partial charge in [-0.2, -0.15) is 5.10 Å². The Bertz CT molecular complexity index is 718. The number of hydrogen-bond acceptors (Lipinski definition) is 5. The highest BCUT2D eigenvalue weighted by molar-refractivity contribution is 5.92. The lowest BCUT2D eigenvalue weighted by molar-refractivity contribution is 0.0932. The second-order valence-corrected chi connectivity index (χ2v) is 5.65. The molecule has 3 N–H and O–H groups in total. The molecule has 0 spiro atoms. The van der Waals surface area contributed by atoms with Crippen molar-refractivity contribution < 1.29 is 4.79 Å². The summed E-state index contributed by atoms with van der Waals surface area (Å²) >= 11 is 0. The van der Waals surface area contributed by atoms with E-state index in [2.05, 4.69) is 44.3 Å². The minimum atomic E-state index is -0.435. The summed E-state index contributed by atoms with van der Waals surface area (Å²) in [5, 5.41) is 8.81. The van der Waals surface area contributed by atoms with Crippen molar-refractivity contribution in [3.8, 4) is 0 Å². The Morgan fingerprint density at radius 1 is 1.32 bits per heavy atom. The Labute approximate surface area is 127 Å². The number of aromatic nitrogens is 5. The average Bonchev–Trinajstić information content (AvgIpc) is 2.84. The van der Waals surface area contributed by atoms with Gasteiger partial charge in [0, 0.05) is 5.69 Å². The highest BCUT2D eigenvalue weighted by Crippen LogP contribution is 2.10. The van der Waals surface area contributed by atoms with Gasteiger partial charge in [0.2, 0.25) is 0 Å². The van der Waals surface area contributed by atoms with E-state index in [1.807, 2.05) is 0 Å². The molecule has 0 aliphatic carbocycles. The fourth-order valence-corrected chi connectivity index (χ4v) is 2.10. The average molecular weight is 304 g/mol. The third kappa shape index (κ3) is 4.00. The van der Waals surface area contributed by atoms with Crippen molar-refractivity contribution in [2.24, 2.45) is 5.92 Å². The van der Waals surface area contributed by atoms with Gasteiger partial charge in [0.1, 0.15) is 11.5 Å². The van der Waals surface area contributed by atoms with Crippen LogP contribution >= 0.6 is 0 Å². The summed E-state index contributed by atoms with van der Waals surface area (Å²) in [6.07, 6.45) is 0.784. The Kier molecular flexibility index (Phi) is 4.69. The lowest BCUT2D eigenvalue weighted by Crippen LogP contribution is -2.29. The molecule has 22 heavy (non-hydrogen) atoms. The first-order valence-electron chi connectivity index (χ1n) is 7.15. The van der Waals surface area contributed by atoms with Crippen molar-refractivity contribution in [3.63, 3.8) is 0 Å². The Balaban J connectivity index is 2.15. The van der Waals surface area contributed by atoms with Gasteiger partial charge in [0.15, 0.2) is 5.82 Å². The Hall–Kier alpha value is -2.51. The van der Waals surface area contributed by atoms with Crippen LogP contribution in [-0.2, 0) is 6.42 Å². The van der Waals surface area contributed by atoms with Crippen molar-refractivity contribution in [1.82, 2.24) is 30.5 Å². The molecule has 0 bridgehead atoms. The van der Waals surface area contributed by atoms with E-state index in [1.165, 1.54) is 0 Å². The molecule has 1 atom stereocenters. The lowest BCUT2D eigenvalue weighted by Gasteiger charge is -2.12. The van der Waals surface area contributed by atoms with Gasteiger partial charge >= 0.3 is 5.69 Å². The van der Waals surface area contributed by atoms with Crippen LogP contribution in [0.5, 0.6) is 0 Å². The minimum absolute atomic E-state index is 0.313. The molecule has 0 saturated heterocycles. The normalized spacial score (nSPS) is 12.4. The molecule has 0 radical (unpaired) electrons. The summed E-state index contributed by atoms with van der Waals surface area (Å²) in [6, 6.07) is 1.26. The summed E-state index contributed by atoms with van der Waals surface area (Å²) in [7, 11) is 0. The summed E-state index contributed by atoms with van der Waals surface area (Å²) in [5.74, 6) is 1.04. The van der Waals surface area contributed by atoms with Gasteiger partial charge in [-0.3, -0.25) is 9.78 Å². The van der Waals surface area contributed by atoms with E-state index >= 15 is 0 Å². The van der Waals surface area contributed by atoms with Gasteiger partial charge < -0.3 is 5.32 Å². The van der Waals surface area contributed by atoms with Gasteiger partial charge in [0.05, 0.1) is 6.04 Å². The third-order valence-electron chi connectivity index (χ3n) is 3.02. The molecule has 1 amide bonds. The largest absolute Gasteiger partial charge is 0.341 e. The molecule has 2 aromatic heterocycles. The van der Waals surface area contributed by atoms with Gasteiger partial charge in [-0.05, 0) is 32.3 Å². The van der Waals surface area contributed by atoms with E-state index in [-0.39, 0.29) is 5.91 Å². The van der Waals surface area contributed by atoms with Crippen molar-refractivity contribution in [2.45, 2.75) is 40.2 Å². The molecule has 0 aliphatic rings. The smallest absolute Gasteiger partial charge is 0.340 e. The fraction of sp³-hybridized carbons (Fsp3) is 0.500. The number of carbonyl (C=O) groups excluding carboxylic acids is 1. The maximum Gasteiger partial charge on any atom is 0.340 e. The van der Waals surface area contributed by atoms with Crippen LogP contribution in [0.3, 0.4) is 0 Å². The fourth-order valence-electron chi connectivity index (χ4n) is 2.10. The zero-order chi connectivity index (χ0) is 16.3. The second-order valence-electron chi connectivity index (χ2n) is 5.65. The van der Waals surface area contributed by atoms with E-state index in [4.69, 9.17) is 0 Å². The number of aryl methyl sites for hydroxylation is 1. The van der Waals surface area contributed by atoms with E-state index in [0.717, 1.165) is 12.1 Å². The minimum Gasteiger partial charge on any atom is -0.341 e. The molecule has 0 aliphatic heterocycles. The van der Waals surface area contributed by atoms with Crippen molar-refractivity contribution in [3.05, 3.63) is 39.6 Å². The van der Waals surface area contributed by atoms with E-state index < -0.39 is 11.7 Å². The summed E-state index contributed by atoms with van der Waals surface area (Å²) in [5.41, 5.74) is 0.745. The van der Waals surface area contributed by atoms with Crippen LogP contribution in [-0.4, -0.2) is 31.1 Å². The first-order valence-corrected chi connectivity index (χ1v) is 7.15. The maximum atomic E-state index is 12.3. The quantitative estimate of drug-likeness (QED) is 0.758. The zero-order valence-corrected chi connectivity index (χ0v) is 13.1. The molecule has 8 heteroatoms. The first kappa shape index (κ1) is 15.9. The number of aromatic amines is 2. The van der Waals surface area contributed by atoms with Gasteiger partial charge in [-0.25, -0.2) is 19.9 Å². The van der Waals surface area contributed by atoms with Gasteiger partial charge in [0.25, 0.3) is 5.91 Å². The molecule has 2 rings (SSSR count). The van der Waals surface area contributed by atoms with Crippen LogP contribution in [0.1, 0.15) is 54.6 Å². The summed E-state index contributed by atoms with van der Waals surface area (Å²) < 4.78 is 0. The van der Waals surface area contributed by atoms with Gasteiger partial charge in [-0.1, -0.05) is 13.8 Å². The lowest BCUT2D eigenvalue weighted by atomic mass is 10.1. The first-order chi connectivity index (χ1) is 10.3. The van der Waals surface area contributed by atoms with Crippen LogP contribution in [0.2, 0.25) is 0 Å². The number of rotatable bonds is 5. The van der Waals surface area contributed by atoms with Crippen LogP contribution in [0, 0.1) is 12.8 Å². The predicted octanol–water partition coefficient (Wildman–Crippen LogP) is 0.886. The predicted molar refractivity (Wildman–Crippen MR) is 80.4 cm³/mol. The molecule has 0 aromatic carbocycles.